The fraction of sp³-hybridized carbons (Fsp3) is 0.160. The van der Waals surface area contributed by atoms with Crippen LogP contribution in [-0.2, 0) is 0 Å². The minimum atomic E-state index is -4.97. The van der Waals surface area contributed by atoms with E-state index in [4.69, 9.17) is 23.2 Å². The van der Waals surface area contributed by atoms with Crippen molar-refractivity contribution in [1.82, 2.24) is 9.55 Å². The SMILES string of the molecule is Cc1nc2c(F)ccc(NC(=O)c3cc(Cl)c(O)c(Cl)c3)c2c(=O)n1C(C)c1ccccc1OC(F)(F)F. The fourth-order valence-corrected chi connectivity index (χ4v) is 4.50. The molecule has 13 heteroatoms. The lowest BCUT2D eigenvalue weighted by Crippen LogP contribution is -2.29. The molecule has 1 heterocycles. The first kappa shape index (κ1) is 27.2. The number of halogens is 6. The van der Waals surface area contributed by atoms with Crippen molar-refractivity contribution < 1.29 is 32.2 Å². The molecule has 38 heavy (non-hydrogen) atoms. The average molecular weight is 570 g/mol. The fourth-order valence-electron chi connectivity index (χ4n) is 4.01. The summed E-state index contributed by atoms with van der Waals surface area (Å²) in [6.45, 7) is 2.86. The van der Waals surface area contributed by atoms with Gasteiger partial charge in [-0.15, -0.1) is 13.2 Å². The summed E-state index contributed by atoms with van der Waals surface area (Å²) in [6.07, 6.45) is -4.97. The van der Waals surface area contributed by atoms with Crippen LogP contribution in [0.3, 0.4) is 0 Å². The molecule has 2 N–H and O–H groups in total. The van der Waals surface area contributed by atoms with E-state index in [0.29, 0.717) is 0 Å². The van der Waals surface area contributed by atoms with Crippen LogP contribution in [0.15, 0.2) is 53.3 Å². The van der Waals surface area contributed by atoms with Gasteiger partial charge < -0.3 is 15.2 Å². The van der Waals surface area contributed by atoms with Crippen LogP contribution >= 0.6 is 23.2 Å². The number of nitrogens with zero attached hydrogens (tertiary/aromatic N) is 2. The summed E-state index contributed by atoms with van der Waals surface area (Å²) in [5.41, 5.74) is -1.34. The molecule has 0 saturated carbocycles. The van der Waals surface area contributed by atoms with Gasteiger partial charge in [0.1, 0.15) is 22.9 Å². The predicted octanol–water partition coefficient (Wildman–Crippen LogP) is 6.62. The lowest BCUT2D eigenvalue weighted by atomic mass is 10.1. The first-order valence-electron chi connectivity index (χ1n) is 10.8. The highest BCUT2D eigenvalue weighted by molar-refractivity contribution is 6.37. The number of para-hydroxylation sites is 1. The van der Waals surface area contributed by atoms with Gasteiger partial charge in [-0.3, -0.25) is 14.2 Å². The molecule has 4 aromatic rings. The minimum Gasteiger partial charge on any atom is -0.505 e. The number of ether oxygens (including phenoxy) is 1. The standard InChI is InChI=1S/C25H17Cl2F4N3O4/c1-11(14-5-3-4-6-19(14)38-25(29,30)31)34-12(2)32-21-17(28)7-8-18(20(21)24(34)37)33-23(36)13-9-15(26)22(35)16(27)10-13/h3-11,35H,1-2H3,(H,33,36). The number of anilines is 1. The van der Waals surface area contributed by atoms with E-state index in [-0.39, 0.29) is 43.6 Å². The maximum Gasteiger partial charge on any atom is 0.573 e. The number of aromatic hydroxyl groups is 1. The van der Waals surface area contributed by atoms with Crippen LogP contribution in [0.25, 0.3) is 10.9 Å². The molecular formula is C25H17Cl2F4N3O4. The van der Waals surface area contributed by atoms with Crippen LogP contribution in [0, 0.1) is 12.7 Å². The third kappa shape index (κ3) is 5.25. The van der Waals surface area contributed by atoms with Gasteiger partial charge in [0.15, 0.2) is 5.75 Å². The minimum absolute atomic E-state index is 0.0105. The number of phenols is 1. The normalized spacial score (nSPS) is 12.4. The summed E-state index contributed by atoms with van der Waals surface area (Å²) in [5.74, 6) is -2.58. The second-order valence-corrected chi connectivity index (χ2v) is 8.97. The number of carbonyl (C=O) groups excluding carboxylic acids is 1. The number of phenolic OH excluding ortho intramolecular Hbond substituents is 1. The summed E-state index contributed by atoms with van der Waals surface area (Å²) < 4.78 is 58.8. The van der Waals surface area contributed by atoms with Crippen molar-refractivity contribution >= 4 is 45.7 Å². The van der Waals surface area contributed by atoms with Gasteiger partial charge in [-0.1, -0.05) is 41.4 Å². The maximum absolute atomic E-state index is 14.7. The van der Waals surface area contributed by atoms with Gasteiger partial charge in [-0.2, -0.15) is 0 Å². The molecule has 4 rings (SSSR count). The highest BCUT2D eigenvalue weighted by Crippen LogP contribution is 2.34. The molecule has 0 aliphatic heterocycles. The molecule has 0 fully saturated rings. The molecule has 1 aromatic heterocycles. The van der Waals surface area contributed by atoms with E-state index >= 15 is 0 Å². The number of nitrogens with one attached hydrogen (secondary N) is 1. The summed E-state index contributed by atoms with van der Waals surface area (Å²) >= 11 is 11.8. The molecule has 1 atom stereocenters. The van der Waals surface area contributed by atoms with Crippen molar-refractivity contribution in [3.8, 4) is 11.5 Å². The number of hydrogen-bond donors (Lipinski definition) is 2. The molecule has 7 nitrogen and oxygen atoms in total. The van der Waals surface area contributed by atoms with Gasteiger partial charge in [0.2, 0.25) is 0 Å². The third-order valence-corrected chi connectivity index (χ3v) is 6.27. The molecule has 0 bridgehead atoms. The Balaban J connectivity index is 1.85. The van der Waals surface area contributed by atoms with Crippen LogP contribution < -0.4 is 15.6 Å². The Morgan fingerprint density at radius 3 is 2.39 bits per heavy atom. The smallest absolute Gasteiger partial charge is 0.505 e. The van der Waals surface area contributed by atoms with Crippen molar-refractivity contribution in [3.63, 3.8) is 0 Å². The van der Waals surface area contributed by atoms with Crippen molar-refractivity contribution in [3.05, 3.63) is 91.7 Å². The van der Waals surface area contributed by atoms with Gasteiger partial charge in [0, 0.05) is 11.1 Å². The lowest BCUT2D eigenvalue weighted by molar-refractivity contribution is -0.275. The zero-order valence-electron chi connectivity index (χ0n) is 19.5. The number of rotatable bonds is 5. The second kappa shape index (κ2) is 10.1. The van der Waals surface area contributed by atoms with Crippen molar-refractivity contribution in [2.45, 2.75) is 26.3 Å². The number of amides is 1. The Morgan fingerprint density at radius 2 is 1.76 bits per heavy atom. The van der Waals surface area contributed by atoms with E-state index in [9.17, 15) is 32.3 Å². The Labute approximate surface area is 222 Å². The van der Waals surface area contributed by atoms with Crippen molar-refractivity contribution in [1.29, 1.82) is 0 Å². The van der Waals surface area contributed by atoms with E-state index < -0.39 is 41.2 Å². The van der Waals surface area contributed by atoms with Crippen LogP contribution in [0.1, 0.15) is 34.7 Å². The average Bonchev–Trinajstić information content (AvgIpc) is 2.83. The lowest BCUT2D eigenvalue weighted by Gasteiger charge is -2.22. The van der Waals surface area contributed by atoms with E-state index in [1.54, 1.807) is 0 Å². The summed E-state index contributed by atoms with van der Waals surface area (Å²) in [4.78, 5) is 30.7. The predicted molar refractivity (Wildman–Crippen MR) is 134 cm³/mol. The molecule has 0 aliphatic rings. The van der Waals surface area contributed by atoms with Gasteiger partial charge in [-0.05, 0) is 44.2 Å². The number of fused-ring (bicyclic) bond motifs is 1. The summed E-state index contributed by atoms with van der Waals surface area (Å²) in [5, 5.41) is 11.5. The van der Waals surface area contributed by atoms with Crippen molar-refractivity contribution in [2.75, 3.05) is 5.32 Å². The number of aromatic nitrogens is 2. The van der Waals surface area contributed by atoms with Gasteiger partial charge in [0.25, 0.3) is 11.5 Å². The van der Waals surface area contributed by atoms with E-state index in [1.165, 1.54) is 32.0 Å². The zero-order chi connectivity index (χ0) is 27.9. The number of benzene rings is 3. The quantitative estimate of drug-likeness (QED) is 0.263. The summed E-state index contributed by atoms with van der Waals surface area (Å²) in [7, 11) is 0. The number of carbonyl (C=O) groups is 1. The first-order valence-corrected chi connectivity index (χ1v) is 11.6. The Hall–Kier alpha value is -3.83. The molecule has 1 amide bonds. The molecule has 0 saturated heterocycles. The third-order valence-electron chi connectivity index (χ3n) is 5.69. The van der Waals surface area contributed by atoms with E-state index in [1.807, 2.05) is 0 Å². The molecule has 1 unspecified atom stereocenters. The Bertz CT molecular complexity index is 1620. The highest BCUT2D eigenvalue weighted by Gasteiger charge is 2.33. The Kier molecular flexibility index (Phi) is 7.26. The summed E-state index contributed by atoms with van der Waals surface area (Å²) in [6, 6.07) is 8.68. The number of aryl methyl sites for hydroxylation is 1. The Morgan fingerprint density at radius 1 is 1.13 bits per heavy atom. The van der Waals surface area contributed by atoms with E-state index in [0.717, 1.165) is 34.9 Å². The maximum atomic E-state index is 14.7. The monoisotopic (exact) mass is 569 g/mol. The van der Waals surface area contributed by atoms with Crippen LogP contribution in [-0.4, -0.2) is 26.9 Å². The number of hydrogen-bond acceptors (Lipinski definition) is 5. The molecule has 0 radical (unpaired) electrons. The van der Waals surface area contributed by atoms with Gasteiger partial charge >= 0.3 is 6.36 Å². The van der Waals surface area contributed by atoms with Crippen molar-refractivity contribution in [2.24, 2.45) is 0 Å². The zero-order valence-corrected chi connectivity index (χ0v) is 21.0. The van der Waals surface area contributed by atoms with Crippen LogP contribution in [0.4, 0.5) is 23.2 Å². The van der Waals surface area contributed by atoms with E-state index in [2.05, 4.69) is 15.0 Å². The van der Waals surface area contributed by atoms with Gasteiger partial charge in [-0.25, -0.2) is 9.37 Å². The molecular weight excluding hydrogens is 553 g/mol. The highest BCUT2D eigenvalue weighted by atomic mass is 35.5. The topological polar surface area (TPSA) is 93.5 Å². The molecule has 0 spiro atoms. The molecule has 198 valence electrons. The van der Waals surface area contributed by atoms with Crippen LogP contribution in [0.2, 0.25) is 10.0 Å². The second-order valence-electron chi connectivity index (χ2n) is 8.16. The molecule has 3 aromatic carbocycles. The first-order chi connectivity index (χ1) is 17.8. The molecule has 0 aliphatic carbocycles. The number of alkyl halides is 3. The largest absolute Gasteiger partial charge is 0.573 e. The van der Waals surface area contributed by atoms with Gasteiger partial charge in [0.05, 0.1) is 27.2 Å². The van der Waals surface area contributed by atoms with Crippen LogP contribution in [0.5, 0.6) is 11.5 Å².